The van der Waals surface area contributed by atoms with Gasteiger partial charge >= 0.3 is 0 Å². The molecule has 2 aromatic rings. The molecule has 1 heterocycles. The zero-order chi connectivity index (χ0) is 15.2. The van der Waals surface area contributed by atoms with Gasteiger partial charge in [-0.3, -0.25) is 0 Å². The molecule has 3 nitrogen and oxygen atoms in total. The average molecular weight is 313 g/mol. The number of unbranched alkanes of at least 4 members (excludes halogenated alkanes) is 1. The largest absolute Gasteiger partial charge is 0.379 e. The summed E-state index contributed by atoms with van der Waals surface area (Å²) in [7, 11) is 0. The Bertz CT molecular complexity index is 583. The maximum atomic E-state index is 13.8. The minimum absolute atomic E-state index is 0.264. The highest BCUT2D eigenvalue weighted by Gasteiger charge is 2.12. The molecule has 21 heavy (non-hydrogen) atoms. The molecule has 0 amide bonds. The number of rotatable bonds is 8. The van der Waals surface area contributed by atoms with Gasteiger partial charge in [0.05, 0.1) is 11.6 Å². The molecule has 0 fully saturated rings. The van der Waals surface area contributed by atoms with Crippen LogP contribution < -0.4 is 0 Å². The predicted molar refractivity (Wildman–Crippen MR) is 84.4 cm³/mol. The summed E-state index contributed by atoms with van der Waals surface area (Å²) in [5.74, 6) is 1.07. The number of para-hydroxylation sites is 1. The maximum Gasteiger partial charge on any atom is 0.151 e. The molecule has 0 N–H and O–H groups in total. The number of imidazole rings is 1. The number of hydrogen-bond donors (Lipinski definition) is 0. The Morgan fingerprint density at radius 2 is 2.14 bits per heavy atom. The van der Waals surface area contributed by atoms with Crippen molar-refractivity contribution in [2.75, 3.05) is 12.5 Å². The summed E-state index contributed by atoms with van der Waals surface area (Å²) in [6.07, 6.45) is 2.87. The van der Waals surface area contributed by atoms with Gasteiger partial charge in [-0.15, -0.1) is 11.6 Å². The molecule has 0 spiro atoms. The normalized spacial score (nSPS) is 11.7. The van der Waals surface area contributed by atoms with Gasteiger partial charge in [-0.05, 0) is 38.8 Å². The van der Waals surface area contributed by atoms with Gasteiger partial charge in [-0.1, -0.05) is 6.07 Å². The Kier molecular flexibility index (Phi) is 6.00. The van der Waals surface area contributed by atoms with Crippen molar-refractivity contribution in [2.45, 2.75) is 45.8 Å². The molecule has 1 aromatic heterocycles. The third-order valence-corrected chi connectivity index (χ3v) is 3.54. The van der Waals surface area contributed by atoms with Gasteiger partial charge < -0.3 is 9.30 Å². The predicted octanol–water partition coefficient (Wildman–Crippen LogP) is 4.16. The highest BCUT2D eigenvalue weighted by Crippen LogP contribution is 2.20. The maximum absolute atomic E-state index is 13.8. The van der Waals surface area contributed by atoms with Crippen LogP contribution in [-0.2, 0) is 17.7 Å². The van der Waals surface area contributed by atoms with Crippen molar-refractivity contribution in [3.63, 3.8) is 0 Å². The van der Waals surface area contributed by atoms with E-state index >= 15 is 0 Å². The highest BCUT2D eigenvalue weighted by atomic mass is 35.5. The number of aromatic nitrogens is 2. The number of hydrogen-bond acceptors (Lipinski definition) is 2. The van der Waals surface area contributed by atoms with E-state index in [1.54, 1.807) is 6.07 Å². The van der Waals surface area contributed by atoms with Crippen LogP contribution in [0.3, 0.4) is 0 Å². The van der Waals surface area contributed by atoms with Crippen LogP contribution in [-0.4, -0.2) is 28.1 Å². The van der Waals surface area contributed by atoms with Crippen LogP contribution in [0.15, 0.2) is 18.2 Å². The first-order chi connectivity index (χ1) is 10.1. The second-order valence-electron chi connectivity index (χ2n) is 5.35. The van der Waals surface area contributed by atoms with Crippen LogP contribution in [0.1, 0.15) is 32.5 Å². The molecule has 0 aliphatic heterocycles. The fourth-order valence-corrected chi connectivity index (χ4v) is 2.55. The monoisotopic (exact) mass is 312 g/mol. The zero-order valence-electron chi connectivity index (χ0n) is 12.6. The molecule has 2 rings (SSSR count). The van der Waals surface area contributed by atoms with Gasteiger partial charge in [0, 0.05) is 25.5 Å². The van der Waals surface area contributed by atoms with Crippen LogP contribution in [0.4, 0.5) is 4.39 Å². The number of alkyl halides is 1. The van der Waals surface area contributed by atoms with E-state index in [1.807, 2.05) is 19.9 Å². The molecule has 0 aliphatic rings. The van der Waals surface area contributed by atoms with Gasteiger partial charge in [-0.2, -0.15) is 0 Å². The van der Waals surface area contributed by atoms with E-state index in [-0.39, 0.29) is 11.9 Å². The average Bonchev–Trinajstić information content (AvgIpc) is 2.78. The summed E-state index contributed by atoms with van der Waals surface area (Å²) in [5.41, 5.74) is 1.29. The van der Waals surface area contributed by atoms with E-state index in [9.17, 15) is 4.39 Å². The second-order valence-corrected chi connectivity index (χ2v) is 5.73. The minimum Gasteiger partial charge on any atom is -0.379 e. The van der Waals surface area contributed by atoms with Crippen LogP contribution >= 0.6 is 11.6 Å². The van der Waals surface area contributed by atoms with Crippen molar-refractivity contribution < 1.29 is 9.13 Å². The van der Waals surface area contributed by atoms with Crippen molar-refractivity contribution in [1.29, 1.82) is 0 Å². The van der Waals surface area contributed by atoms with Crippen molar-refractivity contribution in [3.8, 4) is 0 Å². The summed E-state index contributed by atoms with van der Waals surface area (Å²) in [5, 5.41) is 0. The lowest BCUT2D eigenvalue weighted by molar-refractivity contribution is 0.0754. The second kappa shape index (κ2) is 7.76. The van der Waals surface area contributed by atoms with Gasteiger partial charge in [0.15, 0.2) is 5.82 Å². The van der Waals surface area contributed by atoms with E-state index in [0.717, 1.165) is 37.3 Å². The Labute approximate surface area is 130 Å². The quantitative estimate of drug-likeness (QED) is 0.540. The smallest absolute Gasteiger partial charge is 0.151 e. The van der Waals surface area contributed by atoms with Gasteiger partial charge in [-0.25, -0.2) is 9.37 Å². The molecular weight excluding hydrogens is 291 g/mol. The lowest BCUT2D eigenvalue weighted by atomic mass is 10.2. The molecule has 0 radical (unpaired) electrons. The van der Waals surface area contributed by atoms with E-state index in [0.29, 0.717) is 17.8 Å². The molecule has 0 bridgehead atoms. The highest BCUT2D eigenvalue weighted by molar-refractivity contribution is 6.17. The summed E-state index contributed by atoms with van der Waals surface area (Å²) >= 11 is 5.83. The molecule has 1 aromatic carbocycles. The van der Waals surface area contributed by atoms with E-state index in [2.05, 4.69) is 9.55 Å². The number of benzene rings is 1. The third-order valence-electron chi connectivity index (χ3n) is 3.35. The molecule has 0 atom stereocenters. The van der Waals surface area contributed by atoms with Gasteiger partial charge in [0.25, 0.3) is 0 Å². The number of ether oxygens (including phenoxy) is 1. The summed E-state index contributed by atoms with van der Waals surface area (Å²) < 4.78 is 21.4. The Hall–Kier alpha value is -1.13. The van der Waals surface area contributed by atoms with E-state index < -0.39 is 0 Å². The minimum atomic E-state index is -0.273. The first kappa shape index (κ1) is 16.2. The third kappa shape index (κ3) is 4.17. The Balaban J connectivity index is 2.09. The molecular formula is C16H22ClFN2O. The summed E-state index contributed by atoms with van der Waals surface area (Å²) in [6.45, 7) is 5.63. The van der Waals surface area contributed by atoms with Crippen LogP contribution in [0.25, 0.3) is 11.0 Å². The topological polar surface area (TPSA) is 27.1 Å². The van der Waals surface area contributed by atoms with Crippen LogP contribution in [0.2, 0.25) is 0 Å². The molecule has 0 aliphatic carbocycles. The Morgan fingerprint density at radius 1 is 1.33 bits per heavy atom. The van der Waals surface area contributed by atoms with Crippen LogP contribution in [0, 0.1) is 5.82 Å². The lowest BCUT2D eigenvalue weighted by Gasteiger charge is -2.10. The molecule has 116 valence electrons. The Morgan fingerprint density at radius 3 is 2.86 bits per heavy atom. The molecule has 0 saturated heterocycles. The van der Waals surface area contributed by atoms with Crippen molar-refractivity contribution in [1.82, 2.24) is 9.55 Å². The number of aryl methyl sites for hydroxylation is 2. The van der Waals surface area contributed by atoms with Crippen molar-refractivity contribution in [2.24, 2.45) is 0 Å². The molecule has 0 saturated carbocycles. The number of nitrogens with zero attached hydrogens (tertiary/aromatic N) is 2. The van der Waals surface area contributed by atoms with Crippen molar-refractivity contribution in [3.05, 3.63) is 29.8 Å². The van der Waals surface area contributed by atoms with E-state index in [1.165, 1.54) is 6.07 Å². The van der Waals surface area contributed by atoms with Gasteiger partial charge in [0.2, 0.25) is 0 Å². The summed E-state index contributed by atoms with van der Waals surface area (Å²) in [6, 6.07) is 5.08. The fourth-order valence-electron chi connectivity index (χ4n) is 2.38. The van der Waals surface area contributed by atoms with E-state index in [4.69, 9.17) is 16.3 Å². The first-order valence-electron chi connectivity index (χ1n) is 7.44. The first-order valence-corrected chi connectivity index (χ1v) is 7.98. The number of halogens is 2. The van der Waals surface area contributed by atoms with Gasteiger partial charge in [0.1, 0.15) is 11.3 Å². The fraction of sp³-hybridized carbons (Fsp3) is 0.562. The van der Waals surface area contributed by atoms with Crippen LogP contribution in [0.5, 0.6) is 0 Å². The molecule has 0 unspecified atom stereocenters. The summed E-state index contributed by atoms with van der Waals surface area (Å²) in [4.78, 5) is 4.40. The zero-order valence-corrected chi connectivity index (χ0v) is 13.4. The number of fused-ring (bicyclic) bond motifs is 1. The molecule has 5 heteroatoms. The van der Waals surface area contributed by atoms with Crippen molar-refractivity contribution >= 4 is 22.6 Å². The SMILES string of the molecule is CC(C)OCCCCn1c(CCCl)nc2c(F)cccc21. The standard InChI is InChI=1S/C16H22ClFN2O/c1-12(2)21-11-4-3-10-20-14-7-5-6-13(18)16(14)19-15(20)8-9-17/h5-7,12H,3-4,8-11H2,1-2H3. The lowest BCUT2D eigenvalue weighted by Crippen LogP contribution is -2.08.